The van der Waals surface area contributed by atoms with Gasteiger partial charge in [0.05, 0.1) is 49.3 Å². The summed E-state index contributed by atoms with van der Waals surface area (Å²) in [5.74, 6) is -2.90. The van der Waals surface area contributed by atoms with Gasteiger partial charge >= 0.3 is 7.60 Å². The van der Waals surface area contributed by atoms with Gasteiger partial charge in [0, 0.05) is 40.3 Å². The number of carbonyl (C=O) groups is 4. The predicted octanol–water partition coefficient (Wildman–Crippen LogP) is 4.88. The summed E-state index contributed by atoms with van der Waals surface area (Å²) in [6, 6.07) is 7.61. The summed E-state index contributed by atoms with van der Waals surface area (Å²) >= 11 is 0. The van der Waals surface area contributed by atoms with E-state index in [0.717, 1.165) is 37.7 Å². The highest BCUT2D eigenvalue weighted by molar-refractivity contribution is 7.53. The van der Waals surface area contributed by atoms with Crippen LogP contribution in [-0.4, -0.2) is 121 Å². The summed E-state index contributed by atoms with van der Waals surface area (Å²) in [5.41, 5.74) is 0.776. The van der Waals surface area contributed by atoms with E-state index in [2.05, 4.69) is 16.0 Å². The fourth-order valence-electron chi connectivity index (χ4n) is 9.24. The third kappa shape index (κ3) is 11.9. The summed E-state index contributed by atoms with van der Waals surface area (Å²) in [6.07, 6.45) is 5.24. The minimum absolute atomic E-state index is 0.00759. The van der Waals surface area contributed by atoms with Crippen molar-refractivity contribution >= 4 is 31.2 Å². The Hall–Kier alpha value is -2.87. The molecule has 1 aliphatic carbocycles. The van der Waals surface area contributed by atoms with E-state index in [-0.39, 0.29) is 61.0 Å². The van der Waals surface area contributed by atoms with E-state index >= 15 is 0 Å². The number of unbranched alkanes of at least 4 members (excludes halogenated alkanes) is 1. The number of methoxy groups -OCH3 is 2. The molecule has 4 amide bonds. The Labute approximate surface area is 346 Å². The lowest BCUT2D eigenvalue weighted by Gasteiger charge is -2.41. The second kappa shape index (κ2) is 22.1. The Balaban J connectivity index is 1.47. The van der Waals surface area contributed by atoms with Crippen LogP contribution in [0.1, 0.15) is 105 Å². The Morgan fingerprint density at radius 3 is 2.29 bits per heavy atom. The second-order valence-electron chi connectivity index (χ2n) is 17.2. The number of likely N-dealkylation sites (tertiary alicyclic amines) is 1. The molecule has 0 radical (unpaired) electrons. The topological polar surface area (TPSA) is 176 Å². The highest BCUT2D eigenvalue weighted by Gasteiger charge is 2.46. The van der Waals surface area contributed by atoms with Gasteiger partial charge in [0.25, 0.3) is 0 Å². The molecule has 58 heavy (non-hydrogen) atoms. The zero-order valence-electron chi connectivity index (χ0n) is 36.4. The monoisotopic (exact) mass is 834 g/mol. The molecule has 2 heterocycles. The lowest BCUT2D eigenvalue weighted by Crippen LogP contribution is -2.59. The number of carbonyl (C=O) groups excluding carboxylic acids is 4. The summed E-state index contributed by atoms with van der Waals surface area (Å²) in [5, 5.41) is 9.32. The van der Waals surface area contributed by atoms with Gasteiger partial charge in [-0.3, -0.25) is 23.7 Å². The molecule has 2 bridgehead atoms. The average molecular weight is 834 g/mol. The summed E-state index contributed by atoms with van der Waals surface area (Å²) in [6.45, 7) is 12.2. The lowest BCUT2D eigenvalue weighted by atomic mass is 9.89. The van der Waals surface area contributed by atoms with Crippen molar-refractivity contribution < 1.29 is 42.6 Å². The first kappa shape index (κ1) is 47.8. The highest BCUT2D eigenvalue weighted by Crippen LogP contribution is 2.48. The number of fused-ring (bicyclic) bond motifs is 2. The van der Waals surface area contributed by atoms with E-state index in [0.29, 0.717) is 31.8 Å². The smallest absolute Gasteiger partial charge is 0.350 e. The van der Waals surface area contributed by atoms with Crippen molar-refractivity contribution in [3.8, 4) is 0 Å². The molecule has 0 aromatic heterocycles. The third-order valence-corrected chi connectivity index (χ3v) is 14.5. The van der Waals surface area contributed by atoms with Gasteiger partial charge < -0.3 is 44.6 Å². The number of benzene rings is 1. The normalized spacial score (nSPS) is 25.0. The fourth-order valence-corrected chi connectivity index (χ4v) is 10.5. The number of nitrogens with zero attached hydrogens (tertiary/aromatic N) is 2. The number of rotatable bonds is 23. The Bertz CT molecular complexity index is 1550. The average Bonchev–Trinajstić information content (AvgIpc) is 3.98. The first-order chi connectivity index (χ1) is 27.6. The van der Waals surface area contributed by atoms with Crippen LogP contribution < -0.4 is 16.0 Å². The van der Waals surface area contributed by atoms with E-state index in [9.17, 15) is 28.6 Å². The third-order valence-electron chi connectivity index (χ3n) is 12.9. The number of hydrogen-bond donors (Lipinski definition) is 4. The minimum Gasteiger partial charge on any atom is -0.379 e. The fraction of sp³-hybridized carbons (Fsp3) is 0.767. The van der Waals surface area contributed by atoms with Crippen molar-refractivity contribution in [2.24, 2.45) is 23.7 Å². The van der Waals surface area contributed by atoms with Crippen LogP contribution in [0.4, 0.5) is 0 Å². The van der Waals surface area contributed by atoms with Crippen molar-refractivity contribution in [1.82, 2.24) is 25.8 Å². The number of hydrogen-bond acceptors (Lipinski definition) is 9. The van der Waals surface area contributed by atoms with Crippen LogP contribution in [0.25, 0.3) is 0 Å². The molecule has 328 valence electrons. The van der Waals surface area contributed by atoms with Crippen molar-refractivity contribution in [2.45, 2.75) is 154 Å². The Kier molecular flexibility index (Phi) is 18.2. The van der Waals surface area contributed by atoms with Gasteiger partial charge in [0.1, 0.15) is 11.8 Å². The van der Waals surface area contributed by atoms with Crippen LogP contribution in [0.3, 0.4) is 0 Å². The Morgan fingerprint density at radius 2 is 1.72 bits per heavy atom. The van der Waals surface area contributed by atoms with Crippen LogP contribution in [0.2, 0.25) is 0 Å². The molecule has 3 aliphatic rings. The van der Waals surface area contributed by atoms with Crippen LogP contribution in [0.15, 0.2) is 30.3 Å². The molecule has 14 nitrogen and oxygen atoms in total. The molecule has 2 aliphatic heterocycles. The molecule has 1 unspecified atom stereocenters. The quantitative estimate of drug-likeness (QED) is 0.0880. The molecule has 2 saturated heterocycles. The molecule has 1 aromatic rings. The molecule has 15 heteroatoms. The maximum Gasteiger partial charge on any atom is 0.350 e. The zero-order chi connectivity index (χ0) is 42.7. The molecular weight excluding hydrogens is 761 g/mol. The molecule has 4 rings (SSSR count). The maximum absolute atomic E-state index is 14.3. The summed E-state index contributed by atoms with van der Waals surface area (Å²) in [4.78, 5) is 70.4. The van der Waals surface area contributed by atoms with Gasteiger partial charge in [-0.15, -0.1) is 0 Å². The molecule has 3 fully saturated rings. The van der Waals surface area contributed by atoms with Gasteiger partial charge in [-0.25, -0.2) is 0 Å². The molecule has 1 aromatic carbocycles. The summed E-state index contributed by atoms with van der Waals surface area (Å²) in [7, 11) is 0.530. The van der Waals surface area contributed by atoms with E-state index in [1.165, 1.54) is 7.11 Å². The number of amides is 4. The largest absolute Gasteiger partial charge is 0.379 e. The molecule has 4 N–H and O–H groups in total. The molecule has 1 saturated carbocycles. The Morgan fingerprint density at radius 1 is 1.02 bits per heavy atom. The zero-order valence-corrected chi connectivity index (χ0v) is 37.2. The lowest BCUT2D eigenvalue weighted by molar-refractivity contribution is -0.147. The van der Waals surface area contributed by atoms with Crippen molar-refractivity contribution in [1.29, 1.82) is 0 Å². The molecule has 0 spiro atoms. The van der Waals surface area contributed by atoms with Gasteiger partial charge in [-0.05, 0) is 61.8 Å². The van der Waals surface area contributed by atoms with Crippen molar-refractivity contribution in [3.05, 3.63) is 35.9 Å². The van der Waals surface area contributed by atoms with Gasteiger partial charge in [-0.1, -0.05) is 84.7 Å². The van der Waals surface area contributed by atoms with Crippen LogP contribution >= 0.6 is 7.60 Å². The van der Waals surface area contributed by atoms with E-state index < -0.39 is 55.5 Å². The number of ether oxygens (including phenoxy) is 2. The van der Waals surface area contributed by atoms with Crippen LogP contribution in [0.5, 0.6) is 0 Å². The van der Waals surface area contributed by atoms with Gasteiger partial charge in [-0.2, -0.15) is 0 Å². The maximum atomic E-state index is 14.3. The minimum atomic E-state index is -4.27. The SMILES string of the molecule is CCCCOP(=O)(O)[C@H](Cc1ccccc1)NC(=O)[C@H](C)[C@@H](OC)[C@@H]1CCCN1C(=O)C[C@@H](OC)[C@H]([C@@H](C)CC)N(C)C(=O)[C@@H](NC(=O)[C@H]1N[C@@H]2CC[C@H]1C2)C(C)C. The number of likely N-dealkylation sites (N-methyl/N-ethyl adjacent to an activating group) is 1. The molecule has 12 atom stereocenters. The standard InChI is InChI=1S/C43H72N5O9P/c1-10-12-23-57-58(53,54)35(24-30-17-14-13-15-18-30)45-41(50)29(6)40(56-9)33-19-16-22-48(33)36(49)26-34(55-8)39(28(5)11-2)47(7)43(52)37(27(3)4)46-42(51)38-31-20-21-32(25-31)44-38/h13-15,17-18,27-29,31-35,37-40,44H,10-12,16,19-26H2,1-9H3,(H,45,50)(H,46,51)(H,53,54)/t28-,29+,31-,32+,33-,34+,35+,37-,38-,39-,40+/m0/s1. The second-order valence-corrected chi connectivity index (χ2v) is 19.2. The number of piperidine rings is 1. The first-order valence-corrected chi connectivity index (χ1v) is 23.2. The van der Waals surface area contributed by atoms with E-state index in [1.807, 2.05) is 65.0 Å². The highest BCUT2D eigenvalue weighted by atomic mass is 31.2. The van der Waals surface area contributed by atoms with Gasteiger partial charge in [0.2, 0.25) is 23.6 Å². The van der Waals surface area contributed by atoms with Crippen LogP contribution in [-0.2, 0) is 44.2 Å². The van der Waals surface area contributed by atoms with E-state index in [1.54, 1.807) is 30.9 Å². The summed E-state index contributed by atoms with van der Waals surface area (Å²) < 4.78 is 31.0. The first-order valence-electron chi connectivity index (χ1n) is 21.6. The van der Waals surface area contributed by atoms with Crippen molar-refractivity contribution in [2.75, 3.05) is 34.4 Å². The molecular formula is C43H72N5O9P. The number of nitrogens with one attached hydrogen (secondary N) is 3. The van der Waals surface area contributed by atoms with Gasteiger partial charge in [0.15, 0.2) is 0 Å². The van der Waals surface area contributed by atoms with Crippen molar-refractivity contribution in [3.63, 3.8) is 0 Å². The van der Waals surface area contributed by atoms with Crippen LogP contribution in [0, 0.1) is 23.7 Å². The van der Waals surface area contributed by atoms with E-state index in [4.69, 9.17) is 14.0 Å². The predicted molar refractivity (Wildman–Crippen MR) is 224 cm³/mol.